The SMILES string of the molecule is CNc1ccc([N+](=O)[O-])c(N(C)CC2CCCO2)n1. The normalized spacial score (nSPS) is 18.3. The number of nitro groups is 1. The van der Waals surface area contributed by atoms with Gasteiger partial charge in [0.25, 0.3) is 0 Å². The van der Waals surface area contributed by atoms with E-state index in [1.807, 2.05) is 0 Å². The predicted molar refractivity (Wildman–Crippen MR) is 72.7 cm³/mol. The van der Waals surface area contributed by atoms with E-state index in [0.717, 1.165) is 19.4 Å². The molecule has 0 radical (unpaired) electrons. The van der Waals surface area contributed by atoms with Crippen LogP contribution in [0, 0.1) is 10.1 Å². The maximum Gasteiger partial charge on any atom is 0.311 e. The summed E-state index contributed by atoms with van der Waals surface area (Å²) in [5.74, 6) is 0.979. The minimum Gasteiger partial charge on any atom is -0.376 e. The molecule has 1 aromatic heterocycles. The van der Waals surface area contributed by atoms with Crippen molar-refractivity contribution in [1.82, 2.24) is 4.98 Å². The lowest BCUT2D eigenvalue weighted by Crippen LogP contribution is -2.29. The van der Waals surface area contributed by atoms with Gasteiger partial charge < -0.3 is 15.0 Å². The first-order chi connectivity index (χ1) is 9.11. The molecule has 1 N–H and O–H groups in total. The molecule has 0 saturated carbocycles. The Kier molecular flexibility index (Phi) is 4.16. The lowest BCUT2D eigenvalue weighted by atomic mass is 10.2. The highest BCUT2D eigenvalue weighted by Crippen LogP contribution is 2.27. The maximum absolute atomic E-state index is 11.1. The quantitative estimate of drug-likeness (QED) is 0.644. The summed E-state index contributed by atoms with van der Waals surface area (Å²) < 4.78 is 5.55. The van der Waals surface area contributed by atoms with Crippen LogP contribution in [0.4, 0.5) is 17.3 Å². The second-order valence-corrected chi connectivity index (χ2v) is 4.56. The summed E-state index contributed by atoms with van der Waals surface area (Å²) >= 11 is 0. The van der Waals surface area contributed by atoms with E-state index in [2.05, 4.69) is 10.3 Å². The fourth-order valence-corrected chi connectivity index (χ4v) is 2.18. The molecule has 1 aliphatic rings. The molecule has 0 spiro atoms. The van der Waals surface area contributed by atoms with E-state index in [9.17, 15) is 10.1 Å². The van der Waals surface area contributed by atoms with E-state index >= 15 is 0 Å². The lowest BCUT2D eigenvalue weighted by molar-refractivity contribution is -0.384. The summed E-state index contributed by atoms with van der Waals surface area (Å²) in [5.41, 5.74) is 0.0134. The summed E-state index contributed by atoms with van der Waals surface area (Å²) in [6, 6.07) is 3.07. The van der Waals surface area contributed by atoms with Crippen LogP contribution in [0.2, 0.25) is 0 Å². The van der Waals surface area contributed by atoms with E-state index in [1.165, 1.54) is 6.07 Å². The van der Waals surface area contributed by atoms with E-state index < -0.39 is 4.92 Å². The van der Waals surface area contributed by atoms with Crippen molar-refractivity contribution in [3.63, 3.8) is 0 Å². The highest BCUT2D eigenvalue weighted by atomic mass is 16.6. The van der Waals surface area contributed by atoms with Gasteiger partial charge in [-0.2, -0.15) is 0 Å². The van der Waals surface area contributed by atoms with Crippen molar-refractivity contribution in [3.05, 3.63) is 22.2 Å². The van der Waals surface area contributed by atoms with E-state index in [4.69, 9.17) is 4.74 Å². The Bertz CT molecular complexity index is 460. The molecule has 7 heteroatoms. The average Bonchev–Trinajstić information content (AvgIpc) is 2.90. The Balaban J connectivity index is 2.21. The van der Waals surface area contributed by atoms with E-state index in [1.54, 1.807) is 25.1 Å². The molecule has 0 aromatic carbocycles. The third-order valence-electron chi connectivity index (χ3n) is 3.17. The van der Waals surface area contributed by atoms with E-state index in [-0.39, 0.29) is 11.8 Å². The number of anilines is 2. The third-order valence-corrected chi connectivity index (χ3v) is 3.17. The number of hydrogen-bond donors (Lipinski definition) is 1. The molecule has 1 aromatic rings. The number of rotatable bonds is 5. The van der Waals surface area contributed by atoms with Crippen LogP contribution < -0.4 is 10.2 Å². The van der Waals surface area contributed by atoms with Gasteiger partial charge in [0.1, 0.15) is 5.82 Å². The molecule has 2 rings (SSSR count). The van der Waals surface area contributed by atoms with Crippen LogP contribution in [0.15, 0.2) is 12.1 Å². The van der Waals surface area contributed by atoms with Gasteiger partial charge in [0.05, 0.1) is 11.0 Å². The van der Waals surface area contributed by atoms with Crippen molar-refractivity contribution in [1.29, 1.82) is 0 Å². The molecule has 0 aliphatic carbocycles. The van der Waals surface area contributed by atoms with Crippen LogP contribution in [-0.4, -0.2) is 43.3 Å². The lowest BCUT2D eigenvalue weighted by Gasteiger charge is -2.21. The number of hydrogen-bond acceptors (Lipinski definition) is 6. The minimum absolute atomic E-state index is 0.0134. The summed E-state index contributed by atoms with van der Waals surface area (Å²) in [7, 11) is 3.54. The van der Waals surface area contributed by atoms with Crippen molar-refractivity contribution in [2.45, 2.75) is 18.9 Å². The molecule has 1 fully saturated rings. The Labute approximate surface area is 111 Å². The zero-order valence-electron chi connectivity index (χ0n) is 11.1. The second-order valence-electron chi connectivity index (χ2n) is 4.56. The Hall–Kier alpha value is -1.89. The zero-order valence-corrected chi connectivity index (χ0v) is 11.1. The number of ether oxygens (including phenoxy) is 1. The second kappa shape index (κ2) is 5.83. The van der Waals surface area contributed by atoms with Gasteiger partial charge in [0.15, 0.2) is 0 Å². The van der Waals surface area contributed by atoms with Crippen LogP contribution in [0.25, 0.3) is 0 Å². The van der Waals surface area contributed by atoms with Crippen LogP contribution in [0.3, 0.4) is 0 Å². The monoisotopic (exact) mass is 266 g/mol. The van der Waals surface area contributed by atoms with Crippen LogP contribution in [0.1, 0.15) is 12.8 Å². The molecule has 1 saturated heterocycles. The number of nitrogens with one attached hydrogen (secondary N) is 1. The minimum atomic E-state index is -0.409. The van der Waals surface area contributed by atoms with E-state index in [0.29, 0.717) is 18.2 Å². The summed E-state index contributed by atoms with van der Waals surface area (Å²) in [6.45, 7) is 1.38. The van der Waals surface area contributed by atoms with Crippen molar-refractivity contribution in [2.75, 3.05) is 37.5 Å². The highest BCUT2D eigenvalue weighted by Gasteiger charge is 2.23. The van der Waals surface area contributed by atoms with Gasteiger partial charge in [-0.05, 0) is 18.9 Å². The predicted octanol–water partition coefficient (Wildman–Crippen LogP) is 1.65. The van der Waals surface area contributed by atoms with Gasteiger partial charge in [0.2, 0.25) is 5.82 Å². The topological polar surface area (TPSA) is 80.5 Å². The fraction of sp³-hybridized carbons (Fsp3) is 0.583. The average molecular weight is 266 g/mol. The van der Waals surface area contributed by atoms with Gasteiger partial charge in [-0.1, -0.05) is 0 Å². The van der Waals surface area contributed by atoms with Gasteiger partial charge in [-0.25, -0.2) is 4.98 Å². The zero-order chi connectivity index (χ0) is 13.8. The van der Waals surface area contributed by atoms with Gasteiger partial charge in [0, 0.05) is 33.3 Å². The smallest absolute Gasteiger partial charge is 0.311 e. The number of nitrogens with zero attached hydrogens (tertiary/aromatic N) is 3. The highest BCUT2D eigenvalue weighted by molar-refractivity contribution is 5.61. The number of aromatic nitrogens is 1. The summed E-state index contributed by atoms with van der Waals surface area (Å²) in [5, 5.41) is 13.9. The molecule has 1 aliphatic heterocycles. The molecule has 19 heavy (non-hydrogen) atoms. The first kappa shape index (κ1) is 13.5. The first-order valence-corrected chi connectivity index (χ1v) is 6.27. The van der Waals surface area contributed by atoms with Crippen molar-refractivity contribution in [2.24, 2.45) is 0 Å². The van der Waals surface area contributed by atoms with Gasteiger partial charge in [-0.3, -0.25) is 10.1 Å². The Morgan fingerprint density at radius 3 is 3.00 bits per heavy atom. The van der Waals surface area contributed by atoms with Crippen LogP contribution in [-0.2, 0) is 4.74 Å². The third kappa shape index (κ3) is 3.11. The maximum atomic E-state index is 11.1. The molecule has 7 nitrogen and oxygen atoms in total. The van der Waals surface area contributed by atoms with Crippen molar-refractivity contribution >= 4 is 17.3 Å². The summed E-state index contributed by atoms with van der Waals surface area (Å²) in [6.07, 6.45) is 2.17. The van der Waals surface area contributed by atoms with Crippen molar-refractivity contribution in [3.8, 4) is 0 Å². The Morgan fingerprint density at radius 2 is 2.42 bits per heavy atom. The van der Waals surface area contributed by atoms with Gasteiger partial charge >= 0.3 is 5.69 Å². The molecular formula is C12H18N4O3. The first-order valence-electron chi connectivity index (χ1n) is 6.27. The summed E-state index contributed by atoms with van der Waals surface area (Å²) in [4.78, 5) is 16.7. The molecule has 0 amide bonds. The molecule has 1 atom stereocenters. The molecule has 104 valence electrons. The number of pyridine rings is 1. The largest absolute Gasteiger partial charge is 0.376 e. The van der Waals surface area contributed by atoms with Crippen LogP contribution >= 0.6 is 0 Å². The standard InChI is InChI=1S/C12H18N4O3/c1-13-11-6-5-10(16(17)18)12(14-11)15(2)8-9-4-3-7-19-9/h5-6,9H,3-4,7-8H2,1-2H3,(H,13,14). The molecular weight excluding hydrogens is 248 g/mol. The number of likely N-dealkylation sites (N-methyl/N-ethyl adjacent to an activating group) is 1. The Morgan fingerprint density at radius 1 is 1.63 bits per heavy atom. The van der Waals surface area contributed by atoms with Crippen molar-refractivity contribution < 1.29 is 9.66 Å². The molecule has 0 bridgehead atoms. The van der Waals surface area contributed by atoms with Gasteiger partial charge in [-0.15, -0.1) is 0 Å². The molecule has 2 heterocycles. The molecule has 1 unspecified atom stereocenters. The fourth-order valence-electron chi connectivity index (χ4n) is 2.18. The van der Waals surface area contributed by atoms with Crippen LogP contribution in [0.5, 0.6) is 0 Å².